The lowest BCUT2D eigenvalue weighted by atomic mass is 10.1. The number of amides is 1. The smallest absolute Gasteiger partial charge is 0.238 e. The van der Waals surface area contributed by atoms with Gasteiger partial charge in [-0.25, -0.2) is 0 Å². The highest BCUT2D eigenvalue weighted by Crippen LogP contribution is 2.21. The van der Waals surface area contributed by atoms with Gasteiger partial charge in [0.05, 0.1) is 19.8 Å². The van der Waals surface area contributed by atoms with E-state index in [1.165, 1.54) is 24.9 Å². The Balaban J connectivity index is 1.30. The molecule has 6 heteroatoms. The fourth-order valence-corrected chi connectivity index (χ4v) is 3.57. The number of rotatable bonds is 8. The molecule has 0 aliphatic carbocycles. The number of ether oxygens (including phenoxy) is 1. The zero-order valence-corrected chi connectivity index (χ0v) is 15.7. The Hall–Kier alpha value is -1.63. The third kappa shape index (κ3) is 6.27. The summed E-state index contributed by atoms with van der Waals surface area (Å²) < 4.78 is 5.34. The highest BCUT2D eigenvalue weighted by atomic mass is 16.5. The maximum Gasteiger partial charge on any atom is 0.238 e. The van der Waals surface area contributed by atoms with Crippen LogP contribution in [0.25, 0.3) is 0 Å². The molecule has 2 N–H and O–H groups in total. The number of carbonyl (C=O) groups excluding carboxylic acids is 1. The van der Waals surface area contributed by atoms with Crippen molar-refractivity contribution in [2.75, 3.05) is 69.2 Å². The maximum absolute atomic E-state index is 12.1. The fourth-order valence-electron chi connectivity index (χ4n) is 3.57. The van der Waals surface area contributed by atoms with E-state index in [1.807, 2.05) is 12.1 Å². The van der Waals surface area contributed by atoms with Crippen molar-refractivity contribution >= 4 is 17.3 Å². The van der Waals surface area contributed by atoms with Crippen LogP contribution in [0.4, 0.5) is 11.4 Å². The second-order valence-corrected chi connectivity index (χ2v) is 7.13. The molecule has 2 aliphatic heterocycles. The predicted octanol–water partition coefficient (Wildman–Crippen LogP) is 1.93. The van der Waals surface area contributed by atoms with Crippen molar-refractivity contribution < 1.29 is 9.53 Å². The quantitative estimate of drug-likeness (QED) is 0.694. The average Bonchev–Trinajstić information content (AvgIpc) is 2.70. The number of morpholine rings is 1. The first-order chi connectivity index (χ1) is 12.8. The lowest BCUT2D eigenvalue weighted by molar-refractivity contribution is -0.115. The van der Waals surface area contributed by atoms with Crippen LogP contribution in [-0.2, 0) is 9.53 Å². The SMILES string of the molecule is O=C(CNCCCN1CCOCC1)Nc1ccc(N2CCCCC2)cc1. The molecule has 2 aliphatic rings. The summed E-state index contributed by atoms with van der Waals surface area (Å²) >= 11 is 0. The first-order valence-corrected chi connectivity index (χ1v) is 9.97. The van der Waals surface area contributed by atoms with E-state index in [-0.39, 0.29) is 5.91 Å². The van der Waals surface area contributed by atoms with Crippen molar-refractivity contribution in [1.29, 1.82) is 0 Å². The minimum absolute atomic E-state index is 0.0158. The predicted molar refractivity (Wildman–Crippen MR) is 106 cm³/mol. The molecule has 0 aromatic heterocycles. The molecule has 0 spiro atoms. The van der Waals surface area contributed by atoms with Gasteiger partial charge in [0.15, 0.2) is 0 Å². The average molecular weight is 361 g/mol. The molecular weight excluding hydrogens is 328 g/mol. The fraction of sp³-hybridized carbons (Fsp3) is 0.650. The van der Waals surface area contributed by atoms with Crippen molar-refractivity contribution in [2.45, 2.75) is 25.7 Å². The Morgan fingerprint density at radius 3 is 2.46 bits per heavy atom. The van der Waals surface area contributed by atoms with Gasteiger partial charge in [0, 0.05) is 37.6 Å². The summed E-state index contributed by atoms with van der Waals surface area (Å²) in [5.74, 6) is 0.0158. The van der Waals surface area contributed by atoms with Crippen LogP contribution in [0.5, 0.6) is 0 Å². The summed E-state index contributed by atoms with van der Waals surface area (Å²) in [5.41, 5.74) is 2.12. The standard InChI is InChI=1S/C20H32N4O2/c25-20(17-21-9-4-10-23-13-15-26-16-14-23)22-18-5-7-19(8-6-18)24-11-2-1-3-12-24/h5-8,21H,1-4,9-17H2,(H,22,25). The summed E-state index contributed by atoms with van der Waals surface area (Å²) in [5, 5.41) is 6.20. The maximum atomic E-state index is 12.1. The number of benzene rings is 1. The lowest BCUT2D eigenvalue weighted by Gasteiger charge is -2.28. The second kappa shape index (κ2) is 10.5. The van der Waals surface area contributed by atoms with Crippen molar-refractivity contribution in [1.82, 2.24) is 10.2 Å². The van der Waals surface area contributed by atoms with E-state index in [2.05, 4.69) is 32.6 Å². The van der Waals surface area contributed by atoms with Crippen LogP contribution in [0, 0.1) is 0 Å². The number of piperidine rings is 1. The molecular formula is C20H32N4O2. The van der Waals surface area contributed by atoms with Gasteiger partial charge in [0.2, 0.25) is 5.91 Å². The van der Waals surface area contributed by atoms with Crippen molar-refractivity contribution in [3.8, 4) is 0 Å². The summed E-state index contributed by atoms with van der Waals surface area (Å²) in [6, 6.07) is 8.22. The van der Waals surface area contributed by atoms with Gasteiger partial charge in [-0.3, -0.25) is 9.69 Å². The van der Waals surface area contributed by atoms with Crippen molar-refractivity contribution in [3.05, 3.63) is 24.3 Å². The Morgan fingerprint density at radius 2 is 1.73 bits per heavy atom. The van der Waals surface area contributed by atoms with E-state index >= 15 is 0 Å². The monoisotopic (exact) mass is 360 g/mol. The van der Waals surface area contributed by atoms with Gasteiger partial charge in [-0.1, -0.05) is 0 Å². The molecule has 0 saturated carbocycles. The molecule has 0 radical (unpaired) electrons. The van der Waals surface area contributed by atoms with Gasteiger partial charge in [-0.2, -0.15) is 0 Å². The van der Waals surface area contributed by atoms with Crippen LogP contribution >= 0.6 is 0 Å². The van der Waals surface area contributed by atoms with E-state index in [0.717, 1.165) is 64.6 Å². The zero-order chi connectivity index (χ0) is 18.0. The summed E-state index contributed by atoms with van der Waals surface area (Å²) in [4.78, 5) is 16.9. The number of anilines is 2. The number of carbonyl (C=O) groups is 1. The van der Waals surface area contributed by atoms with Crippen molar-refractivity contribution in [2.24, 2.45) is 0 Å². The molecule has 1 aromatic carbocycles. The van der Waals surface area contributed by atoms with E-state index < -0.39 is 0 Å². The number of hydrogen-bond donors (Lipinski definition) is 2. The van der Waals surface area contributed by atoms with Crippen LogP contribution in [0.2, 0.25) is 0 Å². The van der Waals surface area contributed by atoms with Crippen molar-refractivity contribution in [3.63, 3.8) is 0 Å². The molecule has 3 rings (SSSR count). The number of nitrogens with zero attached hydrogens (tertiary/aromatic N) is 2. The molecule has 2 fully saturated rings. The molecule has 2 saturated heterocycles. The van der Waals surface area contributed by atoms with Crippen LogP contribution in [0.3, 0.4) is 0 Å². The Bertz CT molecular complexity index is 537. The van der Waals surface area contributed by atoms with Crippen LogP contribution in [0.1, 0.15) is 25.7 Å². The highest BCUT2D eigenvalue weighted by Gasteiger charge is 2.11. The Kier molecular flexibility index (Phi) is 7.73. The molecule has 0 unspecified atom stereocenters. The highest BCUT2D eigenvalue weighted by molar-refractivity contribution is 5.92. The largest absolute Gasteiger partial charge is 0.379 e. The van der Waals surface area contributed by atoms with Gasteiger partial charge >= 0.3 is 0 Å². The topological polar surface area (TPSA) is 56.8 Å². The zero-order valence-electron chi connectivity index (χ0n) is 15.7. The normalized spacial score (nSPS) is 18.7. The molecule has 1 aromatic rings. The first-order valence-electron chi connectivity index (χ1n) is 9.97. The first kappa shape index (κ1) is 19.1. The molecule has 2 heterocycles. The summed E-state index contributed by atoms with van der Waals surface area (Å²) in [6.45, 7) is 8.28. The Morgan fingerprint density at radius 1 is 1.00 bits per heavy atom. The van der Waals surface area contributed by atoms with E-state index in [4.69, 9.17) is 4.74 Å². The summed E-state index contributed by atoms with van der Waals surface area (Å²) in [6.07, 6.45) is 4.94. The minimum atomic E-state index is 0.0158. The molecule has 26 heavy (non-hydrogen) atoms. The van der Waals surface area contributed by atoms with E-state index in [9.17, 15) is 4.79 Å². The molecule has 0 atom stereocenters. The third-order valence-corrected chi connectivity index (χ3v) is 5.09. The van der Waals surface area contributed by atoms with Crippen LogP contribution in [-0.4, -0.2) is 69.8 Å². The van der Waals surface area contributed by atoms with E-state index in [0.29, 0.717) is 6.54 Å². The summed E-state index contributed by atoms with van der Waals surface area (Å²) in [7, 11) is 0. The van der Waals surface area contributed by atoms with Gasteiger partial charge in [-0.15, -0.1) is 0 Å². The Labute approximate surface area is 156 Å². The van der Waals surface area contributed by atoms with Crippen LogP contribution < -0.4 is 15.5 Å². The van der Waals surface area contributed by atoms with Crippen LogP contribution in [0.15, 0.2) is 24.3 Å². The van der Waals surface area contributed by atoms with Gasteiger partial charge in [-0.05, 0) is 63.0 Å². The lowest BCUT2D eigenvalue weighted by Crippen LogP contribution is -2.38. The third-order valence-electron chi connectivity index (χ3n) is 5.09. The molecule has 0 bridgehead atoms. The number of nitrogens with one attached hydrogen (secondary N) is 2. The van der Waals surface area contributed by atoms with E-state index in [1.54, 1.807) is 0 Å². The minimum Gasteiger partial charge on any atom is -0.379 e. The molecule has 1 amide bonds. The second-order valence-electron chi connectivity index (χ2n) is 7.13. The molecule has 6 nitrogen and oxygen atoms in total. The number of hydrogen-bond acceptors (Lipinski definition) is 5. The van der Waals surface area contributed by atoms with Gasteiger partial charge in [0.1, 0.15) is 0 Å². The van der Waals surface area contributed by atoms with Gasteiger partial charge < -0.3 is 20.3 Å². The molecule has 144 valence electrons. The van der Waals surface area contributed by atoms with Gasteiger partial charge in [0.25, 0.3) is 0 Å².